The van der Waals surface area contributed by atoms with E-state index in [1.165, 1.54) is 11.8 Å². The summed E-state index contributed by atoms with van der Waals surface area (Å²) in [5.74, 6) is 0.0462. The number of phenolic OH excluding ortho intramolecular Hbond substituents is 1. The lowest BCUT2D eigenvalue weighted by Gasteiger charge is -2.02. The van der Waals surface area contributed by atoms with Crippen LogP contribution in [0.4, 0.5) is 5.69 Å². The van der Waals surface area contributed by atoms with Gasteiger partial charge in [-0.2, -0.15) is 0 Å². The highest BCUT2D eigenvalue weighted by Gasteiger charge is 2.23. The predicted molar refractivity (Wildman–Crippen MR) is 94.7 cm³/mol. The molecule has 1 amide bonds. The van der Waals surface area contributed by atoms with E-state index < -0.39 is 0 Å². The molecule has 0 unspecified atom stereocenters. The fourth-order valence-corrected chi connectivity index (χ4v) is 3.07. The van der Waals surface area contributed by atoms with Crippen molar-refractivity contribution in [3.63, 3.8) is 0 Å². The number of carbonyl (C=O) groups is 1. The summed E-state index contributed by atoms with van der Waals surface area (Å²) in [6.45, 7) is 2.08. The third-order valence-electron chi connectivity index (χ3n) is 3.44. The third-order valence-corrected chi connectivity index (χ3v) is 4.35. The van der Waals surface area contributed by atoms with Crippen LogP contribution in [-0.2, 0) is 11.2 Å². The number of carbonyl (C=O) groups excluding carboxylic acids is 1. The van der Waals surface area contributed by atoms with Crippen LogP contribution in [0, 0.1) is 0 Å². The van der Waals surface area contributed by atoms with Gasteiger partial charge in [0.05, 0.1) is 10.6 Å². The Hall–Kier alpha value is -2.53. The van der Waals surface area contributed by atoms with Gasteiger partial charge in [-0.3, -0.25) is 4.79 Å². The van der Waals surface area contributed by atoms with Gasteiger partial charge in [-0.15, -0.1) is 0 Å². The van der Waals surface area contributed by atoms with E-state index in [1.807, 2.05) is 24.3 Å². The van der Waals surface area contributed by atoms with Crippen LogP contribution in [0.15, 0.2) is 58.4 Å². The number of hydrogen-bond acceptors (Lipinski definition) is 4. The molecule has 2 aromatic rings. The largest absolute Gasteiger partial charge is 0.508 e. The summed E-state index contributed by atoms with van der Waals surface area (Å²) in [6.07, 6.45) is 2.68. The highest BCUT2D eigenvalue weighted by Crippen LogP contribution is 2.29. The number of benzene rings is 2. The molecule has 5 heteroatoms. The molecule has 3 rings (SSSR count). The molecule has 0 aromatic heterocycles. The maximum absolute atomic E-state index is 12.1. The van der Waals surface area contributed by atoms with E-state index in [2.05, 4.69) is 17.2 Å². The quantitative estimate of drug-likeness (QED) is 0.843. The summed E-state index contributed by atoms with van der Waals surface area (Å²) in [5.41, 5.74) is 2.88. The number of rotatable bonds is 3. The average molecular weight is 324 g/mol. The van der Waals surface area contributed by atoms with Crippen molar-refractivity contribution in [1.29, 1.82) is 0 Å². The van der Waals surface area contributed by atoms with Crippen molar-refractivity contribution in [2.24, 2.45) is 4.99 Å². The number of amides is 1. The molecule has 4 nitrogen and oxygen atoms in total. The van der Waals surface area contributed by atoms with Crippen molar-refractivity contribution >= 4 is 34.6 Å². The molecule has 0 radical (unpaired) electrons. The zero-order valence-corrected chi connectivity index (χ0v) is 13.4. The molecule has 1 heterocycles. The molecule has 23 heavy (non-hydrogen) atoms. The van der Waals surface area contributed by atoms with Gasteiger partial charge in [-0.1, -0.05) is 37.3 Å². The summed E-state index contributed by atoms with van der Waals surface area (Å²) >= 11 is 1.32. The minimum absolute atomic E-state index is 0.157. The molecular formula is C18H16N2O2S. The molecule has 0 aliphatic carbocycles. The Morgan fingerprint density at radius 2 is 1.91 bits per heavy atom. The number of amidine groups is 1. The van der Waals surface area contributed by atoms with Crippen LogP contribution in [-0.4, -0.2) is 16.2 Å². The second-order valence-corrected chi connectivity index (χ2v) is 6.09. The van der Waals surface area contributed by atoms with Crippen molar-refractivity contribution in [1.82, 2.24) is 5.32 Å². The first-order valence-electron chi connectivity index (χ1n) is 7.32. The molecule has 1 saturated heterocycles. The first-order chi connectivity index (χ1) is 11.2. The predicted octanol–water partition coefficient (Wildman–Crippen LogP) is 3.85. The second-order valence-electron chi connectivity index (χ2n) is 5.06. The smallest absolute Gasteiger partial charge is 0.264 e. The molecule has 0 saturated carbocycles. The van der Waals surface area contributed by atoms with Crippen LogP contribution in [0.3, 0.4) is 0 Å². The molecule has 0 bridgehead atoms. The number of para-hydroxylation sites is 1. The number of aliphatic imine (C=N–C) groups is 1. The number of thioether (sulfide) groups is 1. The monoisotopic (exact) mass is 324 g/mol. The van der Waals surface area contributed by atoms with Crippen LogP contribution >= 0.6 is 11.8 Å². The lowest BCUT2D eigenvalue weighted by molar-refractivity contribution is -0.115. The van der Waals surface area contributed by atoms with Crippen molar-refractivity contribution in [2.45, 2.75) is 13.3 Å². The number of hydrogen-bond donors (Lipinski definition) is 2. The van der Waals surface area contributed by atoms with E-state index in [0.717, 1.165) is 23.2 Å². The normalized spacial score (nSPS) is 17.7. The zero-order chi connectivity index (χ0) is 16.2. The minimum Gasteiger partial charge on any atom is -0.508 e. The first-order valence-corrected chi connectivity index (χ1v) is 8.14. The van der Waals surface area contributed by atoms with Crippen molar-refractivity contribution < 1.29 is 9.90 Å². The molecule has 1 aliphatic rings. The van der Waals surface area contributed by atoms with Gasteiger partial charge in [0, 0.05) is 0 Å². The van der Waals surface area contributed by atoms with Gasteiger partial charge in [0.15, 0.2) is 5.17 Å². The third kappa shape index (κ3) is 3.63. The maximum Gasteiger partial charge on any atom is 0.264 e. The number of nitrogens with zero attached hydrogens (tertiary/aromatic N) is 1. The van der Waals surface area contributed by atoms with Crippen LogP contribution < -0.4 is 5.32 Å². The van der Waals surface area contributed by atoms with E-state index >= 15 is 0 Å². The van der Waals surface area contributed by atoms with Gasteiger partial charge < -0.3 is 10.4 Å². The summed E-state index contributed by atoms with van der Waals surface area (Å²) < 4.78 is 0. The minimum atomic E-state index is -0.157. The second kappa shape index (κ2) is 6.71. The fourth-order valence-electron chi connectivity index (χ4n) is 2.23. The van der Waals surface area contributed by atoms with Gasteiger partial charge in [-0.05, 0) is 53.6 Å². The van der Waals surface area contributed by atoms with Crippen LogP contribution in [0.1, 0.15) is 18.1 Å². The van der Waals surface area contributed by atoms with Crippen molar-refractivity contribution in [3.05, 3.63) is 64.6 Å². The van der Waals surface area contributed by atoms with Crippen LogP contribution in [0.2, 0.25) is 0 Å². The molecule has 116 valence electrons. The van der Waals surface area contributed by atoms with E-state index in [4.69, 9.17) is 0 Å². The number of aryl methyl sites for hydroxylation is 1. The van der Waals surface area contributed by atoms with Crippen molar-refractivity contribution in [3.8, 4) is 5.75 Å². The van der Waals surface area contributed by atoms with Gasteiger partial charge in [-0.25, -0.2) is 4.99 Å². The fraction of sp³-hybridized carbons (Fsp3) is 0.111. The molecule has 1 fully saturated rings. The maximum atomic E-state index is 12.1. The molecule has 2 aromatic carbocycles. The van der Waals surface area contributed by atoms with E-state index in [1.54, 1.807) is 30.3 Å². The average Bonchev–Trinajstić information content (AvgIpc) is 2.89. The van der Waals surface area contributed by atoms with E-state index in [0.29, 0.717) is 10.1 Å². The van der Waals surface area contributed by atoms with Crippen molar-refractivity contribution in [2.75, 3.05) is 0 Å². The highest BCUT2D eigenvalue weighted by molar-refractivity contribution is 8.18. The summed E-state index contributed by atoms with van der Waals surface area (Å²) in [5, 5.41) is 12.7. The zero-order valence-electron chi connectivity index (χ0n) is 12.6. The van der Waals surface area contributed by atoms with Gasteiger partial charge in [0.25, 0.3) is 5.91 Å². The Balaban J connectivity index is 1.84. The Labute approximate surface area is 139 Å². The number of phenols is 1. The molecule has 0 spiro atoms. The van der Waals surface area contributed by atoms with Crippen LogP contribution in [0.25, 0.3) is 6.08 Å². The molecular weight excluding hydrogens is 308 g/mol. The lowest BCUT2D eigenvalue weighted by Crippen LogP contribution is -2.19. The summed E-state index contributed by atoms with van der Waals surface area (Å²) in [6, 6.07) is 14.6. The van der Waals surface area contributed by atoms with Gasteiger partial charge in [0.2, 0.25) is 0 Å². The van der Waals surface area contributed by atoms with E-state index in [-0.39, 0.29) is 11.7 Å². The molecule has 0 atom stereocenters. The standard InChI is InChI=1S/C18H16N2O2S/c1-2-13-5-3-4-6-15(13)19-18-20-17(22)16(23-18)11-12-7-9-14(21)10-8-12/h3-11,21H,2H2,1H3,(H,19,20,22)/b16-11-. The number of nitrogens with one attached hydrogen (secondary N) is 1. The molecule has 2 N–H and O–H groups in total. The van der Waals surface area contributed by atoms with Gasteiger partial charge in [0.1, 0.15) is 5.75 Å². The summed E-state index contributed by atoms with van der Waals surface area (Å²) in [7, 11) is 0. The topological polar surface area (TPSA) is 61.7 Å². The molecule has 1 aliphatic heterocycles. The Bertz CT molecular complexity index is 795. The van der Waals surface area contributed by atoms with Crippen LogP contribution in [0.5, 0.6) is 5.75 Å². The van der Waals surface area contributed by atoms with Gasteiger partial charge >= 0.3 is 0 Å². The SMILES string of the molecule is CCc1ccccc1N=C1NC(=O)/C(=C/c2ccc(O)cc2)S1. The lowest BCUT2D eigenvalue weighted by atomic mass is 10.1. The number of aromatic hydroxyl groups is 1. The Morgan fingerprint density at radius 1 is 1.17 bits per heavy atom. The first kappa shape index (κ1) is 15.4. The summed E-state index contributed by atoms with van der Waals surface area (Å²) in [4.78, 5) is 17.2. The Kier molecular flexibility index (Phi) is 4.48. The highest BCUT2D eigenvalue weighted by atomic mass is 32.2. The van der Waals surface area contributed by atoms with E-state index in [9.17, 15) is 9.90 Å². The Morgan fingerprint density at radius 3 is 2.65 bits per heavy atom.